The monoisotopic (exact) mass is 453 g/mol. The van der Waals surface area contributed by atoms with Crippen LogP contribution in [-0.2, 0) is 6.54 Å². The Morgan fingerprint density at radius 3 is 2.38 bits per heavy atom. The highest BCUT2D eigenvalue weighted by Crippen LogP contribution is 2.21. The highest BCUT2D eigenvalue weighted by atomic mass is 35.5. The van der Waals surface area contributed by atoms with Gasteiger partial charge in [0.25, 0.3) is 11.8 Å². The third kappa shape index (κ3) is 5.30. The number of nitrogen functional groups attached to an aromatic ring is 1. The van der Waals surface area contributed by atoms with E-state index in [-0.39, 0.29) is 24.2 Å². The number of anilines is 2. The lowest BCUT2D eigenvalue weighted by Crippen LogP contribution is -2.49. The molecule has 0 atom stereocenters. The Morgan fingerprint density at radius 1 is 0.938 bits per heavy atom. The fraction of sp³-hybridized carbons (Fsp3) is 0.227. The molecule has 0 radical (unpaired) electrons. The molecule has 1 saturated heterocycles. The highest BCUT2D eigenvalue weighted by Gasteiger charge is 2.24. The van der Waals surface area contributed by atoms with Crippen molar-refractivity contribution < 1.29 is 9.59 Å². The summed E-state index contributed by atoms with van der Waals surface area (Å²) in [6, 6.07) is 12.3. The van der Waals surface area contributed by atoms with Gasteiger partial charge in [-0.1, -0.05) is 6.07 Å². The number of amides is 2. The molecule has 4 rings (SSSR count). The second-order valence-electron chi connectivity index (χ2n) is 7.13. The number of nitrogens with zero attached hydrogens (tertiary/aromatic N) is 5. The fourth-order valence-electron chi connectivity index (χ4n) is 3.39. The number of hydrogen-bond acceptors (Lipinski definition) is 7. The molecule has 3 aromatic rings. The minimum absolute atomic E-state index is 0. The van der Waals surface area contributed by atoms with Crippen molar-refractivity contribution in [2.45, 2.75) is 6.54 Å². The van der Waals surface area contributed by atoms with Crippen LogP contribution >= 0.6 is 12.4 Å². The van der Waals surface area contributed by atoms with Gasteiger partial charge in [0.05, 0.1) is 23.5 Å². The average molecular weight is 454 g/mol. The van der Waals surface area contributed by atoms with Gasteiger partial charge >= 0.3 is 0 Å². The molecule has 9 nitrogen and oxygen atoms in total. The zero-order valence-corrected chi connectivity index (χ0v) is 18.2. The van der Waals surface area contributed by atoms with Crippen molar-refractivity contribution >= 4 is 35.7 Å². The molecule has 1 aliphatic heterocycles. The summed E-state index contributed by atoms with van der Waals surface area (Å²) in [6.07, 6.45) is 4.81. The molecule has 0 saturated carbocycles. The normalized spacial score (nSPS) is 13.2. The molecule has 4 heterocycles. The van der Waals surface area contributed by atoms with Crippen LogP contribution in [0.5, 0.6) is 0 Å². The van der Waals surface area contributed by atoms with Gasteiger partial charge in [-0.2, -0.15) is 0 Å². The molecule has 32 heavy (non-hydrogen) atoms. The van der Waals surface area contributed by atoms with Crippen LogP contribution in [0.15, 0.2) is 61.1 Å². The molecule has 3 N–H and O–H groups in total. The van der Waals surface area contributed by atoms with E-state index in [9.17, 15) is 9.59 Å². The number of nitrogens with two attached hydrogens (primary N) is 1. The standard InChI is InChI=1S/C22H23N7O2.ClH/c23-18-5-3-9-25-20(18)28-10-12-29(13-11-28)22(31)19-7-6-16(14-26-19)21(30)27-15-17-4-1-2-8-24-17;/h1-9,14H,10-13,15,23H2,(H,27,30);1H. The summed E-state index contributed by atoms with van der Waals surface area (Å²) in [4.78, 5) is 41.6. The van der Waals surface area contributed by atoms with Gasteiger partial charge in [0.2, 0.25) is 0 Å². The van der Waals surface area contributed by atoms with Gasteiger partial charge in [-0.05, 0) is 36.4 Å². The molecule has 0 aromatic carbocycles. The maximum Gasteiger partial charge on any atom is 0.272 e. The molecule has 1 aliphatic rings. The number of pyridine rings is 3. The van der Waals surface area contributed by atoms with Gasteiger partial charge < -0.3 is 20.9 Å². The average Bonchev–Trinajstić information content (AvgIpc) is 2.83. The van der Waals surface area contributed by atoms with Crippen LogP contribution in [0.25, 0.3) is 0 Å². The molecule has 166 valence electrons. The van der Waals surface area contributed by atoms with E-state index in [0.29, 0.717) is 49.7 Å². The minimum Gasteiger partial charge on any atom is -0.396 e. The molecule has 0 bridgehead atoms. The van der Waals surface area contributed by atoms with Gasteiger partial charge in [-0.25, -0.2) is 4.98 Å². The van der Waals surface area contributed by atoms with Crippen LogP contribution in [0.3, 0.4) is 0 Å². The first-order valence-electron chi connectivity index (χ1n) is 10.0. The Labute approximate surface area is 192 Å². The second kappa shape index (κ2) is 10.5. The molecule has 10 heteroatoms. The minimum atomic E-state index is -0.265. The SMILES string of the molecule is Cl.Nc1cccnc1N1CCN(C(=O)c2ccc(C(=O)NCc3ccccn3)cn2)CC1. The summed E-state index contributed by atoms with van der Waals surface area (Å²) < 4.78 is 0. The zero-order valence-electron chi connectivity index (χ0n) is 17.3. The molecular formula is C22H24ClN7O2. The third-order valence-electron chi connectivity index (χ3n) is 5.08. The van der Waals surface area contributed by atoms with E-state index in [0.717, 1.165) is 11.5 Å². The number of aromatic nitrogens is 3. The van der Waals surface area contributed by atoms with Gasteiger partial charge in [-0.15, -0.1) is 12.4 Å². The van der Waals surface area contributed by atoms with Crippen molar-refractivity contribution in [1.82, 2.24) is 25.2 Å². The lowest BCUT2D eigenvalue weighted by molar-refractivity contribution is 0.0740. The van der Waals surface area contributed by atoms with Crippen LogP contribution in [0.4, 0.5) is 11.5 Å². The van der Waals surface area contributed by atoms with Gasteiger partial charge in [-0.3, -0.25) is 19.6 Å². The topological polar surface area (TPSA) is 117 Å². The summed E-state index contributed by atoms with van der Waals surface area (Å²) in [6.45, 7) is 2.69. The number of hydrogen-bond donors (Lipinski definition) is 2. The van der Waals surface area contributed by atoms with Gasteiger partial charge in [0.15, 0.2) is 5.82 Å². The Bertz CT molecular complexity index is 1060. The van der Waals surface area contributed by atoms with Gasteiger partial charge in [0, 0.05) is 44.8 Å². The molecule has 0 unspecified atom stereocenters. The van der Waals surface area contributed by atoms with Crippen LogP contribution in [-0.4, -0.2) is 57.8 Å². The Morgan fingerprint density at radius 2 is 1.72 bits per heavy atom. The first kappa shape index (κ1) is 23.0. The number of nitrogens with one attached hydrogen (secondary N) is 1. The number of carbonyl (C=O) groups excluding carboxylic acids is 2. The number of carbonyl (C=O) groups is 2. The smallest absolute Gasteiger partial charge is 0.272 e. The van der Waals surface area contributed by atoms with Crippen molar-refractivity contribution in [3.05, 3.63) is 78.0 Å². The molecule has 2 amide bonds. The highest BCUT2D eigenvalue weighted by molar-refractivity contribution is 5.96. The van der Waals surface area contributed by atoms with E-state index >= 15 is 0 Å². The summed E-state index contributed by atoms with van der Waals surface area (Å²) in [5, 5.41) is 2.79. The van der Waals surface area contributed by atoms with Crippen molar-refractivity contribution in [1.29, 1.82) is 0 Å². The van der Waals surface area contributed by atoms with Crippen molar-refractivity contribution in [2.75, 3.05) is 36.8 Å². The first-order valence-corrected chi connectivity index (χ1v) is 10.0. The van der Waals surface area contributed by atoms with E-state index in [4.69, 9.17) is 5.73 Å². The fourth-order valence-corrected chi connectivity index (χ4v) is 3.39. The van der Waals surface area contributed by atoms with E-state index in [1.54, 1.807) is 35.5 Å². The summed E-state index contributed by atoms with van der Waals surface area (Å²) in [5.74, 6) is 0.321. The zero-order chi connectivity index (χ0) is 21.6. The van der Waals surface area contributed by atoms with E-state index in [1.807, 2.05) is 24.3 Å². The summed E-state index contributed by atoms with van der Waals surface area (Å²) in [7, 11) is 0. The lowest BCUT2D eigenvalue weighted by Gasteiger charge is -2.35. The van der Waals surface area contributed by atoms with Crippen molar-refractivity contribution in [3.63, 3.8) is 0 Å². The van der Waals surface area contributed by atoms with Crippen LogP contribution in [0.2, 0.25) is 0 Å². The maximum atomic E-state index is 12.8. The number of halogens is 1. The van der Waals surface area contributed by atoms with E-state index < -0.39 is 0 Å². The lowest BCUT2D eigenvalue weighted by atomic mass is 10.2. The van der Waals surface area contributed by atoms with Crippen LogP contribution in [0.1, 0.15) is 26.5 Å². The maximum absolute atomic E-state index is 12.8. The summed E-state index contributed by atoms with van der Waals surface area (Å²) in [5.41, 5.74) is 8.09. The number of rotatable bonds is 5. The Hall–Kier alpha value is -3.72. The van der Waals surface area contributed by atoms with E-state index in [2.05, 4.69) is 25.2 Å². The quantitative estimate of drug-likeness (QED) is 0.604. The van der Waals surface area contributed by atoms with Crippen LogP contribution < -0.4 is 16.0 Å². The third-order valence-corrected chi connectivity index (χ3v) is 5.08. The predicted octanol–water partition coefficient (Wildman–Crippen LogP) is 1.77. The van der Waals surface area contributed by atoms with Crippen molar-refractivity contribution in [3.8, 4) is 0 Å². The molecule has 1 fully saturated rings. The molecule has 0 aliphatic carbocycles. The largest absolute Gasteiger partial charge is 0.396 e. The van der Waals surface area contributed by atoms with E-state index in [1.165, 1.54) is 6.20 Å². The van der Waals surface area contributed by atoms with Crippen LogP contribution in [0, 0.1) is 0 Å². The van der Waals surface area contributed by atoms with Crippen molar-refractivity contribution in [2.24, 2.45) is 0 Å². The predicted molar refractivity (Wildman–Crippen MR) is 124 cm³/mol. The first-order chi connectivity index (χ1) is 15.1. The second-order valence-corrected chi connectivity index (χ2v) is 7.13. The summed E-state index contributed by atoms with van der Waals surface area (Å²) >= 11 is 0. The molecule has 3 aromatic heterocycles. The molecule has 0 spiro atoms. The number of piperazine rings is 1. The van der Waals surface area contributed by atoms with Gasteiger partial charge in [0.1, 0.15) is 5.69 Å². The molecular weight excluding hydrogens is 430 g/mol. The Kier molecular flexibility index (Phi) is 7.56. The Balaban J connectivity index is 0.00000289.